The Morgan fingerprint density at radius 3 is 2.42 bits per heavy atom. The number of nitrogens with two attached hydrogens (primary N) is 1. The molecule has 0 saturated carbocycles. The Morgan fingerprint density at radius 1 is 1.37 bits per heavy atom. The number of primary amides is 1. The summed E-state index contributed by atoms with van der Waals surface area (Å²) in [6, 6.07) is 6.27. The van der Waals surface area contributed by atoms with Gasteiger partial charge in [-0.1, -0.05) is 12.1 Å². The van der Waals surface area contributed by atoms with E-state index in [1.54, 1.807) is 38.2 Å². The lowest BCUT2D eigenvalue weighted by molar-refractivity contribution is 0.0703. The van der Waals surface area contributed by atoms with Crippen LogP contribution in [0.25, 0.3) is 0 Å². The summed E-state index contributed by atoms with van der Waals surface area (Å²) in [4.78, 5) is 24.0. The third-order valence-electron chi connectivity index (χ3n) is 2.55. The second-order valence-corrected chi connectivity index (χ2v) is 4.45. The quantitative estimate of drug-likeness (QED) is 0.714. The maximum absolute atomic E-state index is 12.0. The lowest BCUT2D eigenvalue weighted by Gasteiger charge is -2.18. The van der Waals surface area contributed by atoms with Crippen LogP contribution < -0.4 is 11.1 Å². The van der Waals surface area contributed by atoms with Gasteiger partial charge >= 0.3 is 6.03 Å². The molecule has 0 heterocycles. The molecule has 1 aromatic rings. The van der Waals surface area contributed by atoms with E-state index in [9.17, 15) is 14.7 Å². The van der Waals surface area contributed by atoms with Gasteiger partial charge in [-0.25, -0.2) is 4.79 Å². The van der Waals surface area contributed by atoms with E-state index in [1.165, 1.54) is 4.90 Å². The van der Waals surface area contributed by atoms with Crippen LogP contribution in [0.4, 0.5) is 4.79 Å². The van der Waals surface area contributed by atoms with Crippen molar-refractivity contribution in [3.05, 3.63) is 35.4 Å². The maximum Gasteiger partial charge on any atom is 0.312 e. The number of nitrogens with one attached hydrogen (secondary N) is 1. The number of likely N-dealkylation sites (N-methyl/N-ethyl adjacent to an activating group) is 1. The Labute approximate surface area is 112 Å². The highest BCUT2D eigenvalue weighted by atomic mass is 16.3. The molecule has 1 aromatic carbocycles. The smallest absolute Gasteiger partial charge is 0.312 e. The largest absolute Gasteiger partial charge is 0.392 e. The first-order valence-electron chi connectivity index (χ1n) is 5.96. The highest BCUT2D eigenvalue weighted by Crippen LogP contribution is 2.07. The minimum atomic E-state index is -0.586. The first-order chi connectivity index (χ1) is 8.90. The van der Waals surface area contributed by atoms with Crippen LogP contribution in [0.2, 0.25) is 0 Å². The van der Waals surface area contributed by atoms with Crippen molar-refractivity contribution in [3.8, 4) is 0 Å². The average Bonchev–Trinajstić information content (AvgIpc) is 2.35. The number of aliphatic hydroxyl groups is 1. The molecule has 0 radical (unpaired) electrons. The van der Waals surface area contributed by atoms with Crippen LogP contribution in [0.1, 0.15) is 22.8 Å². The summed E-state index contributed by atoms with van der Waals surface area (Å²) in [5.74, 6) is -0.157. The number of carbonyl (C=O) groups is 2. The SMILES string of the molecule is CC(O)CN(C)C(=O)c1ccc(CNC(N)=O)cc1. The number of hydrogen-bond acceptors (Lipinski definition) is 3. The first kappa shape index (κ1) is 15.0. The van der Waals surface area contributed by atoms with Crippen molar-refractivity contribution < 1.29 is 14.7 Å². The molecule has 0 fully saturated rings. The predicted molar refractivity (Wildman–Crippen MR) is 71.5 cm³/mol. The zero-order chi connectivity index (χ0) is 14.4. The predicted octanol–water partition coefficient (Wildman–Crippen LogP) is 0.308. The van der Waals surface area contributed by atoms with Crippen molar-refractivity contribution in [2.24, 2.45) is 5.73 Å². The number of hydrogen-bond donors (Lipinski definition) is 3. The summed E-state index contributed by atoms with van der Waals surface area (Å²) in [5, 5.41) is 11.7. The van der Waals surface area contributed by atoms with Crippen molar-refractivity contribution >= 4 is 11.9 Å². The van der Waals surface area contributed by atoms with Crippen molar-refractivity contribution in [3.63, 3.8) is 0 Å². The zero-order valence-electron chi connectivity index (χ0n) is 11.1. The van der Waals surface area contributed by atoms with Crippen LogP contribution in [-0.4, -0.2) is 41.6 Å². The van der Waals surface area contributed by atoms with Crippen LogP contribution in [0, 0.1) is 0 Å². The Balaban J connectivity index is 2.65. The lowest BCUT2D eigenvalue weighted by atomic mass is 10.1. The number of aliphatic hydroxyl groups excluding tert-OH is 1. The number of nitrogens with zero attached hydrogens (tertiary/aromatic N) is 1. The zero-order valence-corrected chi connectivity index (χ0v) is 11.1. The summed E-state index contributed by atoms with van der Waals surface area (Å²) < 4.78 is 0. The Morgan fingerprint density at radius 2 is 1.95 bits per heavy atom. The van der Waals surface area contributed by atoms with Gasteiger partial charge in [0, 0.05) is 25.7 Å². The van der Waals surface area contributed by atoms with Crippen LogP contribution in [0.15, 0.2) is 24.3 Å². The van der Waals surface area contributed by atoms with E-state index in [0.717, 1.165) is 5.56 Å². The third-order valence-corrected chi connectivity index (χ3v) is 2.55. The van der Waals surface area contributed by atoms with Gasteiger partial charge in [0.15, 0.2) is 0 Å². The molecular formula is C13H19N3O3. The molecule has 1 unspecified atom stereocenters. The summed E-state index contributed by atoms with van der Waals surface area (Å²) in [5.41, 5.74) is 6.36. The van der Waals surface area contributed by atoms with Crippen LogP contribution in [0.5, 0.6) is 0 Å². The fourth-order valence-corrected chi connectivity index (χ4v) is 1.65. The van der Waals surface area contributed by atoms with Crippen LogP contribution in [0.3, 0.4) is 0 Å². The molecule has 0 aliphatic carbocycles. The van der Waals surface area contributed by atoms with Gasteiger partial charge in [0.1, 0.15) is 0 Å². The first-order valence-corrected chi connectivity index (χ1v) is 5.96. The second-order valence-electron chi connectivity index (χ2n) is 4.45. The topological polar surface area (TPSA) is 95.7 Å². The van der Waals surface area contributed by atoms with Gasteiger partial charge in [0.25, 0.3) is 5.91 Å². The summed E-state index contributed by atoms with van der Waals surface area (Å²) >= 11 is 0. The average molecular weight is 265 g/mol. The Kier molecular flexibility index (Phi) is 5.32. The summed E-state index contributed by atoms with van der Waals surface area (Å²) in [7, 11) is 1.64. The maximum atomic E-state index is 12.0. The number of carbonyl (C=O) groups excluding carboxylic acids is 2. The molecule has 0 spiro atoms. The minimum absolute atomic E-state index is 0.157. The summed E-state index contributed by atoms with van der Waals surface area (Å²) in [6.07, 6.45) is -0.562. The highest BCUT2D eigenvalue weighted by Gasteiger charge is 2.13. The van der Waals surface area contributed by atoms with E-state index < -0.39 is 12.1 Å². The van der Waals surface area contributed by atoms with Crippen molar-refractivity contribution in [1.29, 1.82) is 0 Å². The Hall–Kier alpha value is -2.08. The molecule has 1 rings (SSSR count). The van der Waals surface area contributed by atoms with Crippen molar-refractivity contribution in [1.82, 2.24) is 10.2 Å². The number of benzene rings is 1. The standard InChI is InChI=1S/C13H19N3O3/c1-9(17)8-16(2)12(18)11-5-3-10(4-6-11)7-15-13(14)19/h3-6,9,17H,7-8H2,1-2H3,(H3,14,15,19). The van der Waals surface area contributed by atoms with Crippen LogP contribution >= 0.6 is 0 Å². The van der Waals surface area contributed by atoms with Crippen molar-refractivity contribution in [2.75, 3.05) is 13.6 Å². The number of urea groups is 1. The van der Waals surface area contributed by atoms with Gasteiger partial charge in [-0.15, -0.1) is 0 Å². The molecule has 0 aliphatic heterocycles. The van der Waals surface area contributed by atoms with E-state index in [-0.39, 0.29) is 12.5 Å². The number of amides is 3. The van der Waals surface area contributed by atoms with E-state index >= 15 is 0 Å². The van der Waals surface area contributed by atoms with Gasteiger partial charge in [-0.05, 0) is 24.6 Å². The van der Waals surface area contributed by atoms with Gasteiger partial charge < -0.3 is 21.1 Å². The molecule has 0 aliphatic rings. The van der Waals surface area contributed by atoms with E-state index in [0.29, 0.717) is 12.1 Å². The van der Waals surface area contributed by atoms with Gasteiger partial charge in [0.2, 0.25) is 0 Å². The van der Waals surface area contributed by atoms with Crippen LogP contribution in [-0.2, 0) is 6.54 Å². The second kappa shape index (κ2) is 6.75. The molecular weight excluding hydrogens is 246 g/mol. The molecule has 104 valence electrons. The van der Waals surface area contributed by atoms with E-state index in [4.69, 9.17) is 5.73 Å². The molecule has 0 aromatic heterocycles. The van der Waals surface area contributed by atoms with Crippen molar-refractivity contribution in [2.45, 2.75) is 19.6 Å². The fourth-order valence-electron chi connectivity index (χ4n) is 1.65. The molecule has 3 amide bonds. The minimum Gasteiger partial charge on any atom is -0.392 e. The molecule has 6 heteroatoms. The normalized spacial score (nSPS) is 11.7. The molecule has 0 saturated heterocycles. The lowest BCUT2D eigenvalue weighted by Crippen LogP contribution is -2.33. The molecule has 0 bridgehead atoms. The fraction of sp³-hybridized carbons (Fsp3) is 0.385. The van der Waals surface area contributed by atoms with Gasteiger partial charge in [-0.3, -0.25) is 4.79 Å². The molecule has 19 heavy (non-hydrogen) atoms. The van der Waals surface area contributed by atoms with Gasteiger partial charge in [0.05, 0.1) is 6.10 Å². The molecule has 4 N–H and O–H groups in total. The highest BCUT2D eigenvalue weighted by molar-refractivity contribution is 5.94. The van der Waals surface area contributed by atoms with Gasteiger partial charge in [-0.2, -0.15) is 0 Å². The summed E-state index contributed by atoms with van der Waals surface area (Å²) in [6.45, 7) is 2.24. The third kappa shape index (κ3) is 4.97. The monoisotopic (exact) mass is 265 g/mol. The van der Waals surface area contributed by atoms with E-state index in [1.807, 2.05) is 0 Å². The molecule has 6 nitrogen and oxygen atoms in total. The molecule has 1 atom stereocenters. The van der Waals surface area contributed by atoms with E-state index in [2.05, 4.69) is 5.32 Å². The Bertz CT molecular complexity index is 443. The number of rotatable bonds is 5.